The molecule has 0 amide bonds. The van der Waals surface area contributed by atoms with Crippen LogP contribution in [-0.4, -0.2) is 16.5 Å². The molecule has 0 spiro atoms. The van der Waals surface area contributed by atoms with Crippen LogP contribution in [0.25, 0.3) is 0 Å². The third-order valence-corrected chi connectivity index (χ3v) is 2.00. The maximum atomic E-state index is 11.0. The van der Waals surface area contributed by atoms with Crippen LogP contribution in [0.4, 0.5) is 5.82 Å². The lowest BCUT2D eigenvalue weighted by molar-refractivity contribution is 0.518. The molecule has 0 aliphatic rings. The number of H-pyrrole nitrogens is 1. The van der Waals surface area contributed by atoms with E-state index in [1.807, 2.05) is 13.8 Å². The molecule has 0 saturated heterocycles. The molecule has 13 heavy (non-hydrogen) atoms. The van der Waals surface area contributed by atoms with Gasteiger partial charge in [0.05, 0.1) is 0 Å². The van der Waals surface area contributed by atoms with Gasteiger partial charge in [-0.2, -0.15) is 4.98 Å². The minimum atomic E-state index is -0.434. The highest BCUT2D eigenvalue weighted by atomic mass is 16.1. The molecule has 1 rings (SSSR count). The number of anilines is 1. The van der Waals surface area contributed by atoms with Crippen LogP contribution in [0.5, 0.6) is 0 Å². The summed E-state index contributed by atoms with van der Waals surface area (Å²) in [6, 6.07) is 1.63. The zero-order chi connectivity index (χ0) is 10.1. The van der Waals surface area contributed by atoms with Crippen LogP contribution >= 0.6 is 0 Å². The highest BCUT2D eigenvalue weighted by Gasteiger charge is 2.20. The second-order valence-corrected chi connectivity index (χ2v) is 3.61. The molecule has 0 radical (unpaired) electrons. The number of rotatable bonds is 2. The van der Waals surface area contributed by atoms with Gasteiger partial charge in [0, 0.05) is 23.7 Å². The first-order valence-electron chi connectivity index (χ1n) is 4.03. The Hall–Kier alpha value is -1.36. The number of nitrogens with one attached hydrogen (secondary N) is 1. The molecule has 0 aliphatic carbocycles. The fourth-order valence-electron chi connectivity index (χ4n) is 0.951. The van der Waals surface area contributed by atoms with Gasteiger partial charge in [-0.15, -0.1) is 0 Å². The van der Waals surface area contributed by atoms with Gasteiger partial charge in [0.25, 0.3) is 0 Å². The number of nitrogen functional groups attached to an aromatic ring is 1. The molecule has 0 bridgehead atoms. The van der Waals surface area contributed by atoms with Gasteiger partial charge in [0.15, 0.2) is 0 Å². The fraction of sp³-hybridized carbons (Fsp3) is 0.500. The monoisotopic (exact) mass is 182 g/mol. The van der Waals surface area contributed by atoms with Gasteiger partial charge in [-0.25, -0.2) is 4.79 Å². The quantitative estimate of drug-likeness (QED) is 0.579. The molecule has 5 N–H and O–H groups in total. The Morgan fingerprint density at radius 3 is 2.69 bits per heavy atom. The number of aromatic amines is 1. The summed E-state index contributed by atoms with van der Waals surface area (Å²) < 4.78 is 0. The van der Waals surface area contributed by atoms with Crippen molar-refractivity contribution in [1.29, 1.82) is 0 Å². The lowest BCUT2D eigenvalue weighted by Crippen LogP contribution is -2.32. The van der Waals surface area contributed by atoms with Gasteiger partial charge in [0.1, 0.15) is 5.82 Å². The van der Waals surface area contributed by atoms with E-state index in [9.17, 15) is 4.79 Å². The van der Waals surface area contributed by atoms with Gasteiger partial charge in [-0.05, 0) is 0 Å². The summed E-state index contributed by atoms with van der Waals surface area (Å²) in [5.74, 6) is 0.222. The van der Waals surface area contributed by atoms with E-state index in [0.717, 1.165) is 0 Å². The standard InChI is InChI=1S/C8H14N4O/c1-8(2,4-9)5-3-6(10)12-7(13)11-5/h3H,4,9H2,1-2H3,(H3,10,11,12,13). The van der Waals surface area contributed by atoms with Gasteiger partial charge >= 0.3 is 5.69 Å². The van der Waals surface area contributed by atoms with Crippen LogP contribution < -0.4 is 17.2 Å². The zero-order valence-corrected chi connectivity index (χ0v) is 7.79. The Morgan fingerprint density at radius 1 is 1.62 bits per heavy atom. The maximum Gasteiger partial charge on any atom is 0.347 e. The molecule has 0 saturated carbocycles. The number of hydrogen-bond donors (Lipinski definition) is 3. The van der Waals surface area contributed by atoms with Crippen LogP contribution in [0.1, 0.15) is 19.5 Å². The largest absolute Gasteiger partial charge is 0.383 e. The van der Waals surface area contributed by atoms with Crippen molar-refractivity contribution in [2.24, 2.45) is 5.73 Å². The predicted molar refractivity (Wildman–Crippen MR) is 51.4 cm³/mol. The maximum absolute atomic E-state index is 11.0. The highest BCUT2D eigenvalue weighted by Crippen LogP contribution is 2.18. The van der Waals surface area contributed by atoms with Crippen LogP contribution in [-0.2, 0) is 5.41 Å². The molecule has 1 aromatic heterocycles. The lowest BCUT2D eigenvalue weighted by Gasteiger charge is -2.21. The Balaban J connectivity index is 3.23. The summed E-state index contributed by atoms with van der Waals surface area (Å²) >= 11 is 0. The summed E-state index contributed by atoms with van der Waals surface area (Å²) in [6.07, 6.45) is 0. The Morgan fingerprint density at radius 2 is 2.23 bits per heavy atom. The van der Waals surface area contributed by atoms with E-state index in [0.29, 0.717) is 12.2 Å². The summed E-state index contributed by atoms with van der Waals surface area (Å²) in [5, 5.41) is 0. The zero-order valence-electron chi connectivity index (χ0n) is 7.79. The summed E-state index contributed by atoms with van der Waals surface area (Å²) in [7, 11) is 0. The SMILES string of the molecule is CC(C)(CN)c1cc(N)nc(=O)[nH]1. The lowest BCUT2D eigenvalue weighted by atomic mass is 9.89. The average molecular weight is 182 g/mol. The average Bonchev–Trinajstić information content (AvgIpc) is 2.02. The van der Waals surface area contributed by atoms with Gasteiger partial charge < -0.3 is 16.5 Å². The van der Waals surface area contributed by atoms with Crippen molar-refractivity contribution in [3.05, 3.63) is 22.2 Å². The smallest absolute Gasteiger partial charge is 0.347 e. The fourth-order valence-corrected chi connectivity index (χ4v) is 0.951. The Bertz CT molecular complexity index is 355. The second-order valence-electron chi connectivity index (χ2n) is 3.61. The van der Waals surface area contributed by atoms with E-state index in [2.05, 4.69) is 9.97 Å². The normalized spacial score (nSPS) is 11.6. The van der Waals surface area contributed by atoms with Crippen molar-refractivity contribution in [2.75, 3.05) is 12.3 Å². The predicted octanol–water partition coefficient (Wildman–Crippen LogP) is -0.412. The topological polar surface area (TPSA) is 97.8 Å². The van der Waals surface area contributed by atoms with Gasteiger partial charge in [0.2, 0.25) is 0 Å². The van der Waals surface area contributed by atoms with Crippen molar-refractivity contribution in [2.45, 2.75) is 19.3 Å². The van der Waals surface area contributed by atoms with Crippen LogP contribution in [0, 0.1) is 0 Å². The van der Waals surface area contributed by atoms with E-state index in [1.54, 1.807) is 6.07 Å². The first-order chi connectivity index (χ1) is 5.95. The van der Waals surface area contributed by atoms with E-state index < -0.39 is 5.69 Å². The number of nitrogens with two attached hydrogens (primary N) is 2. The molecule has 0 unspecified atom stereocenters. The summed E-state index contributed by atoms with van der Waals surface area (Å²) in [4.78, 5) is 17.1. The highest BCUT2D eigenvalue weighted by molar-refractivity contribution is 5.31. The minimum absolute atomic E-state index is 0.222. The third kappa shape index (κ3) is 2.06. The number of nitrogens with zero attached hydrogens (tertiary/aromatic N) is 1. The molecule has 5 nitrogen and oxygen atoms in total. The summed E-state index contributed by atoms with van der Waals surface area (Å²) in [6.45, 7) is 4.29. The van der Waals surface area contributed by atoms with Gasteiger partial charge in [-0.1, -0.05) is 13.8 Å². The molecule has 0 atom stereocenters. The molecular formula is C8H14N4O. The van der Waals surface area contributed by atoms with Crippen molar-refractivity contribution in [3.63, 3.8) is 0 Å². The van der Waals surface area contributed by atoms with Crippen molar-refractivity contribution >= 4 is 5.82 Å². The molecule has 72 valence electrons. The van der Waals surface area contributed by atoms with Crippen LogP contribution in [0.2, 0.25) is 0 Å². The molecule has 0 aromatic carbocycles. The molecule has 0 aliphatic heterocycles. The van der Waals surface area contributed by atoms with E-state index in [1.165, 1.54) is 0 Å². The first-order valence-corrected chi connectivity index (χ1v) is 4.03. The van der Waals surface area contributed by atoms with Gasteiger partial charge in [-0.3, -0.25) is 0 Å². The molecule has 0 fully saturated rings. The second kappa shape index (κ2) is 3.18. The Labute approximate surface area is 76.2 Å². The van der Waals surface area contributed by atoms with Crippen molar-refractivity contribution < 1.29 is 0 Å². The first kappa shape index (κ1) is 9.73. The summed E-state index contributed by atoms with van der Waals surface area (Å²) in [5.41, 5.74) is 11.0. The van der Waals surface area contributed by atoms with Crippen molar-refractivity contribution in [3.8, 4) is 0 Å². The number of hydrogen-bond acceptors (Lipinski definition) is 4. The molecule has 1 aromatic rings. The van der Waals surface area contributed by atoms with E-state index in [4.69, 9.17) is 11.5 Å². The van der Waals surface area contributed by atoms with E-state index in [-0.39, 0.29) is 11.2 Å². The molecule has 1 heterocycles. The van der Waals surface area contributed by atoms with E-state index >= 15 is 0 Å². The molecule has 5 heteroatoms. The third-order valence-electron chi connectivity index (χ3n) is 2.00. The molecular weight excluding hydrogens is 168 g/mol. The number of aromatic nitrogens is 2. The minimum Gasteiger partial charge on any atom is -0.383 e. The van der Waals surface area contributed by atoms with Crippen molar-refractivity contribution in [1.82, 2.24) is 9.97 Å². The van der Waals surface area contributed by atoms with Crippen LogP contribution in [0.15, 0.2) is 10.9 Å². The Kier molecular flexibility index (Phi) is 2.38. The van der Waals surface area contributed by atoms with Crippen LogP contribution in [0.3, 0.4) is 0 Å².